The van der Waals surface area contributed by atoms with Crippen molar-refractivity contribution in [1.29, 1.82) is 0 Å². The van der Waals surface area contributed by atoms with Crippen molar-refractivity contribution in [3.8, 4) is 0 Å². The maximum atomic E-state index is 4.13. The summed E-state index contributed by atoms with van der Waals surface area (Å²) in [6.07, 6.45) is 3.89. The fourth-order valence-electron chi connectivity index (χ4n) is 1.07. The summed E-state index contributed by atoms with van der Waals surface area (Å²) in [7, 11) is 0. The Balaban J connectivity index is 3.05. The minimum absolute atomic E-state index is 0.424. The first-order chi connectivity index (χ1) is 5.16. The van der Waals surface area contributed by atoms with Crippen molar-refractivity contribution >= 4 is 15.9 Å². The molecule has 0 amide bonds. The van der Waals surface area contributed by atoms with Crippen molar-refractivity contribution in [1.82, 2.24) is 9.78 Å². The molecule has 0 unspecified atom stereocenters. The first-order valence-electron chi connectivity index (χ1n) is 3.81. The summed E-state index contributed by atoms with van der Waals surface area (Å²) in [6, 6.07) is 0.424. The van der Waals surface area contributed by atoms with Gasteiger partial charge in [0.25, 0.3) is 0 Å². The van der Waals surface area contributed by atoms with Crippen molar-refractivity contribution in [3.05, 3.63) is 16.4 Å². The second-order valence-corrected chi connectivity index (χ2v) is 3.56. The van der Waals surface area contributed by atoms with Crippen LogP contribution in [-0.2, 0) is 6.42 Å². The maximum absolute atomic E-state index is 4.13. The van der Waals surface area contributed by atoms with Gasteiger partial charge in [-0.25, -0.2) is 0 Å². The monoisotopic (exact) mass is 215 g/mol. The van der Waals surface area contributed by atoms with Crippen LogP contribution in [-0.4, -0.2) is 9.78 Å². The number of nitrogens with zero attached hydrogens (tertiary/aromatic N) is 2. The molecule has 0 aliphatic heterocycles. The molecular weight excluding hydrogens is 204 g/mol. The zero-order valence-corrected chi connectivity index (χ0v) is 8.64. The Morgan fingerprint density at radius 2 is 2.27 bits per heavy atom. The second kappa shape index (κ2) is 3.39. The normalized spacial score (nSPS) is 11.0. The smallest absolute Gasteiger partial charge is 0.128 e. The third-order valence-electron chi connectivity index (χ3n) is 1.61. The van der Waals surface area contributed by atoms with Gasteiger partial charge in [-0.2, -0.15) is 5.10 Å². The van der Waals surface area contributed by atoms with Crippen LogP contribution in [0.3, 0.4) is 0 Å². The first-order valence-corrected chi connectivity index (χ1v) is 4.60. The average molecular weight is 216 g/mol. The molecule has 0 aliphatic rings. The molecule has 0 saturated carbocycles. The van der Waals surface area contributed by atoms with E-state index in [1.165, 1.54) is 5.69 Å². The Morgan fingerprint density at radius 3 is 2.64 bits per heavy atom. The number of aromatic nitrogens is 2. The Morgan fingerprint density at radius 1 is 1.64 bits per heavy atom. The number of hydrogen-bond donors (Lipinski definition) is 0. The predicted octanol–water partition coefficient (Wildman–Crippen LogP) is 2.59. The standard InChI is InChI=1S/C8H12BrN2/c1-4-8-7(9)5-10-11(8)6(2)3/h6H,4H2,1-3H3. The molecule has 0 aliphatic carbocycles. The van der Waals surface area contributed by atoms with E-state index < -0.39 is 0 Å². The van der Waals surface area contributed by atoms with Crippen molar-refractivity contribution in [2.75, 3.05) is 0 Å². The van der Waals surface area contributed by atoms with Crippen LogP contribution in [0.15, 0.2) is 4.47 Å². The van der Waals surface area contributed by atoms with Crippen LogP contribution in [0.5, 0.6) is 0 Å². The molecule has 2 nitrogen and oxygen atoms in total. The van der Waals surface area contributed by atoms with Gasteiger partial charge in [-0.1, -0.05) is 6.92 Å². The van der Waals surface area contributed by atoms with E-state index in [4.69, 9.17) is 0 Å². The summed E-state index contributed by atoms with van der Waals surface area (Å²) in [5.74, 6) is 0. The van der Waals surface area contributed by atoms with Gasteiger partial charge in [0.15, 0.2) is 0 Å². The SMILES string of the molecule is CCc1c(Br)[c]nn1C(C)C. The summed E-state index contributed by atoms with van der Waals surface area (Å²) in [5.41, 5.74) is 1.22. The Labute approximate surface area is 75.7 Å². The van der Waals surface area contributed by atoms with E-state index in [0.29, 0.717) is 6.04 Å². The highest BCUT2D eigenvalue weighted by Gasteiger charge is 2.08. The van der Waals surface area contributed by atoms with Crippen LogP contribution in [0.1, 0.15) is 32.5 Å². The van der Waals surface area contributed by atoms with E-state index in [9.17, 15) is 0 Å². The van der Waals surface area contributed by atoms with E-state index >= 15 is 0 Å². The van der Waals surface area contributed by atoms with E-state index in [0.717, 1.165) is 10.9 Å². The van der Waals surface area contributed by atoms with E-state index in [1.807, 2.05) is 4.68 Å². The minimum Gasteiger partial charge on any atom is -0.265 e. The molecule has 11 heavy (non-hydrogen) atoms. The lowest BCUT2D eigenvalue weighted by Gasteiger charge is -2.08. The van der Waals surface area contributed by atoms with Gasteiger partial charge in [0, 0.05) is 6.04 Å². The number of halogens is 1. The van der Waals surface area contributed by atoms with Gasteiger partial charge in [0.2, 0.25) is 0 Å². The number of hydrogen-bond acceptors (Lipinski definition) is 1. The molecule has 0 spiro atoms. The van der Waals surface area contributed by atoms with Gasteiger partial charge in [-0.15, -0.1) is 0 Å². The minimum atomic E-state index is 0.424. The lowest BCUT2D eigenvalue weighted by Crippen LogP contribution is -2.06. The van der Waals surface area contributed by atoms with Crippen molar-refractivity contribution in [3.63, 3.8) is 0 Å². The Bertz CT molecular complexity index is 240. The van der Waals surface area contributed by atoms with Crippen LogP contribution < -0.4 is 0 Å². The summed E-state index contributed by atoms with van der Waals surface area (Å²) in [6.45, 7) is 6.35. The molecule has 0 saturated heterocycles. The molecule has 1 radical (unpaired) electrons. The summed E-state index contributed by atoms with van der Waals surface area (Å²) in [4.78, 5) is 0. The molecule has 1 rings (SSSR count). The van der Waals surface area contributed by atoms with Crippen LogP contribution in [0, 0.1) is 6.20 Å². The molecule has 1 aromatic rings. The molecular formula is C8H12BrN2. The zero-order valence-electron chi connectivity index (χ0n) is 7.06. The first kappa shape index (κ1) is 8.78. The van der Waals surface area contributed by atoms with E-state index in [1.54, 1.807) is 0 Å². The lowest BCUT2D eigenvalue weighted by molar-refractivity contribution is 0.510. The van der Waals surface area contributed by atoms with Crippen LogP contribution in [0.25, 0.3) is 0 Å². The van der Waals surface area contributed by atoms with Gasteiger partial charge >= 0.3 is 0 Å². The maximum Gasteiger partial charge on any atom is 0.128 e. The highest BCUT2D eigenvalue weighted by atomic mass is 79.9. The lowest BCUT2D eigenvalue weighted by atomic mass is 10.3. The Kier molecular flexibility index (Phi) is 2.71. The zero-order chi connectivity index (χ0) is 8.43. The van der Waals surface area contributed by atoms with Crippen molar-refractivity contribution in [2.45, 2.75) is 33.2 Å². The average Bonchev–Trinajstić information content (AvgIpc) is 2.30. The molecule has 3 heteroatoms. The molecule has 1 aromatic heterocycles. The molecule has 0 aromatic carbocycles. The third-order valence-corrected chi connectivity index (χ3v) is 2.24. The van der Waals surface area contributed by atoms with Gasteiger partial charge < -0.3 is 0 Å². The van der Waals surface area contributed by atoms with E-state index in [2.05, 4.69) is 48.0 Å². The van der Waals surface area contributed by atoms with Crippen LogP contribution >= 0.6 is 15.9 Å². The molecule has 61 valence electrons. The third kappa shape index (κ3) is 1.64. The second-order valence-electron chi connectivity index (χ2n) is 2.76. The van der Waals surface area contributed by atoms with Crippen LogP contribution in [0.4, 0.5) is 0 Å². The van der Waals surface area contributed by atoms with Crippen molar-refractivity contribution in [2.24, 2.45) is 0 Å². The summed E-state index contributed by atoms with van der Waals surface area (Å²) < 4.78 is 2.98. The fraction of sp³-hybridized carbons (Fsp3) is 0.625. The highest BCUT2D eigenvalue weighted by molar-refractivity contribution is 9.10. The molecule has 1 heterocycles. The quantitative estimate of drug-likeness (QED) is 0.742. The van der Waals surface area contributed by atoms with Gasteiger partial charge in [-0.3, -0.25) is 4.68 Å². The Hall–Kier alpha value is -0.310. The predicted molar refractivity (Wildman–Crippen MR) is 48.5 cm³/mol. The number of rotatable bonds is 2. The van der Waals surface area contributed by atoms with Crippen LogP contribution in [0.2, 0.25) is 0 Å². The van der Waals surface area contributed by atoms with E-state index in [-0.39, 0.29) is 0 Å². The largest absolute Gasteiger partial charge is 0.265 e. The van der Waals surface area contributed by atoms with Gasteiger partial charge in [0.05, 0.1) is 10.2 Å². The summed E-state index contributed by atoms with van der Waals surface area (Å²) in [5, 5.41) is 4.13. The van der Waals surface area contributed by atoms with Gasteiger partial charge in [-0.05, 0) is 36.2 Å². The fourth-order valence-corrected chi connectivity index (χ4v) is 1.61. The molecule has 0 N–H and O–H groups in total. The molecule has 0 atom stereocenters. The highest BCUT2D eigenvalue weighted by Crippen LogP contribution is 2.18. The van der Waals surface area contributed by atoms with Gasteiger partial charge in [0.1, 0.15) is 6.20 Å². The molecule has 0 bridgehead atoms. The topological polar surface area (TPSA) is 17.8 Å². The molecule has 0 fully saturated rings. The van der Waals surface area contributed by atoms with Crippen molar-refractivity contribution < 1.29 is 0 Å². The summed E-state index contributed by atoms with van der Waals surface area (Å²) >= 11 is 3.41.